The van der Waals surface area contributed by atoms with Crippen LogP contribution in [0, 0.1) is 13.8 Å². The third-order valence-electron chi connectivity index (χ3n) is 4.26. The van der Waals surface area contributed by atoms with E-state index in [-0.39, 0.29) is 0 Å². The topological polar surface area (TPSA) is 90.4 Å². The molecule has 3 rings (SSSR count). The van der Waals surface area contributed by atoms with Crippen molar-refractivity contribution in [2.24, 2.45) is 0 Å². The summed E-state index contributed by atoms with van der Waals surface area (Å²) >= 11 is 0. The Balaban J connectivity index is 1.83. The van der Waals surface area contributed by atoms with Crippen LogP contribution in [0.15, 0.2) is 36.5 Å². The van der Waals surface area contributed by atoms with Gasteiger partial charge in [-0.3, -0.25) is 0 Å². The van der Waals surface area contributed by atoms with Gasteiger partial charge in [0.2, 0.25) is 11.7 Å². The number of methoxy groups -OCH3 is 3. The second-order valence-corrected chi connectivity index (χ2v) is 6.13. The second kappa shape index (κ2) is 8.43. The average molecular weight is 381 g/mol. The predicted molar refractivity (Wildman–Crippen MR) is 108 cm³/mol. The fourth-order valence-corrected chi connectivity index (χ4v) is 2.67. The first-order chi connectivity index (χ1) is 13.5. The largest absolute Gasteiger partial charge is 0.493 e. The predicted octanol–water partition coefficient (Wildman–Crippen LogP) is 4.00. The molecule has 0 spiro atoms. The highest BCUT2D eigenvalue weighted by atomic mass is 16.5. The van der Waals surface area contributed by atoms with E-state index in [1.54, 1.807) is 33.5 Å². The standard InChI is InChI=1S/C20H23N5O3/c1-12-6-7-14(8-13(12)2)23-20-24-18(11-21-25-20)22-15-9-16(26-3)19(28-5)17(10-15)27-4/h6-11H,1-5H3,(H2,22,23,24,25). The molecule has 146 valence electrons. The van der Waals surface area contributed by atoms with Gasteiger partial charge in [-0.05, 0) is 37.1 Å². The zero-order valence-electron chi connectivity index (χ0n) is 16.5. The Morgan fingerprint density at radius 2 is 1.50 bits per heavy atom. The number of rotatable bonds is 7. The molecule has 0 saturated heterocycles. The summed E-state index contributed by atoms with van der Waals surface area (Å²) in [6.45, 7) is 4.13. The van der Waals surface area contributed by atoms with Crippen LogP contribution in [0.1, 0.15) is 11.1 Å². The molecule has 3 aromatic rings. The number of aryl methyl sites for hydroxylation is 2. The van der Waals surface area contributed by atoms with Crippen LogP contribution in [0.25, 0.3) is 0 Å². The molecule has 2 aromatic carbocycles. The first-order valence-electron chi connectivity index (χ1n) is 8.65. The van der Waals surface area contributed by atoms with E-state index < -0.39 is 0 Å². The molecule has 0 radical (unpaired) electrons. The van der Waals surface area contributed by atoms with Crippen LogP contribution < -0.4 is 24.8 Å². The highest BCUT2D eigenvalue weighted by Gasteiger charge is 2.14. The van der Waals surface area contributed by atoms with Crippen LogP contribution in [0.3, 0.4) is 0 Å². The Labute approximate surface area is 163 Å². The van der Waals surface area contributed by atoms with Gasteiger partial charge in [0.05, 0.1) is 27.5 Å². The summed E-state index contributed by atoms with van der Waals surface area (Å²) in [4.78, 5) is 4.46. The van der Waals surface area contributed by atoms with Crippen molar-refractivity contribution in [3.05, 3.63) is 47.7 Å². The summed E-state index contributed by atoms with van der Waals surface area (Å²) in [5.74, 6) is 2.52. The number of ether oxygens (including phenoxy) is 3. The maximum atomic E-state index is 5.37. The lowest BCUT2D eigenvalue weighted by molar-refractivity contribution is 0.324. The maximum absolute atomic E-state index is 5.37. The minimum atomic E-state index is 0.390. The summed E-state index contributed by atoms with van der Waals surface area (Å²) in [7, 11) is 4.70. The van der Waals surface area contributed by atoms with Gasteiger partial charge >= 0.3 is 0 Å². The van der Waals surface area contributed by atoms with Gasteiger partial charge in [0.15, 0.2) is 17.3 Å². The molecular weight excluding hydrogens is 358 g/mol. The number of anilines is 4. The van der Waals surface area contributed by atoms with Crippen molar-refractivity contribution < 1.29 is 14.2 Å². The van der Waals surface area contributed by atoms with Crippen molar-refractivity contribution in [3.8, 4) is 17.2 Å². The van der Waals surface area contributed by atoms with Gasteiger partial charge in [-0.15, -0.1) is 5.10 Å². The van der Waals surface area contributed by atoms with Gasteiger partial charge in [0.1, 0.15) is 0 Å². The molecular formula is C20H23N5O3. The summed E-state index contributed by atoms with van der Waals surface area (Å²) in [6, 6.07) is 9.64. The second-order valence-electron chi connectivity index (χ2n) is 6.13. The van der Waals surface area contributed by atoms with Crippen molar-refractivity contribution in [1.29, 1.82) is 0 Å². The first kappa shape index (κ1) is 19.2. The SMILES string of the molecule is COc1cc(Nc2cnnc(Nc3ccc(C)c(C)c3)n2)cc(OC)c1OC. The third kappa shape index (κ3) is 4.22. The monoisotopic (exact) mass is 381 g/mol. The highest BCUT2D eigenvalue weighted by molar-refractivity contribution is 5.67. The van der Waals surface area contributed by atoms with Gasteiger partial charge in [-0.25, -0.2) is 0 Å². The number of hydrogen-bond acceptors (Lipinski definition) is 8. The van der Waals surface area contributed by atoms with Crippen molar-refractivity contribution in [2.75, 3.05) is 32.0 Å². The Morgan fingerprint density at radius 3 is 2.11 bits per heavy atom. The van der Waals surface area contributed by atoms with Gasteiger partial charge in [0.25, 0.3) is 0 Å². The highest BCUT2D eigenvalue weighted by Crippen LogP contribution is 2.40. The van der Waals surface area contributed by atoms with E-state index in [4.69, 9.17) is 14.2 Å². The lowest BCUT2D eigenvalue weighted by Gasteiger charge is -2.15. The number of benzene rings is 2. The van der Waals surface area contributed by atoms with Gasteiger partial charge < -0.3 is 24.8 Å². The summed E-state index contributed by atoms with van der Waals surface area (Å²) < 4.78 is 16.1. The fraction of sp³-hybridized carbons (Fsp3) is 0.250. The van der Waals surface area contributed by atoms with Crippen LogP contribution in [0.5, 0.6) is 17.2 Å². The van der Waals surface area contributed by atoms with E-state index in [2.05, 4.69) is 39.7 Å². The minimum Gasteiger partial charge on any atom is -0.493 e. The molecule has 1 aromatic heterocycles. The Bertz CT molecular complexity index is 953. The van der Waals surface area contributed by atoms with Crippen molar-refractivity contribution >= 4 is 23.1 Å². The summed E-state index contributed by atoms with van der Waals surface area (Å²) in [6.07, 6.45) is 1.54. The zero-order valence-corrected chi connectivity index (χ0v) is 16.5. The molecule has 1 heterocycles. The van der Waals surface area contributed by atoms with Crippen molar-refractivity contribution in [2.45, 2.75) is 13.8 Å². The van der Waals surface area contributed by atoms with Gasteiger partial charge in [0, 0.05) is 23.5 Å². The molecule has 28 heavy (non-hydrogen) atoms. The van der Waals surface area contributed by atoms with Crippen LogP contribution in [0.4, 0.5) is 23.1 Å². The molecule has 0 aliphatic rings. The van der Waals surface area contributed by atoms with Crippen molar-refractivity contribution in [3.63, 3.8) is 0 Å². The van der Waals surface area contributed by atoms with E-state index in [0.29, 0.717) is 34.7 Å². The van der Waals surface area contributed by atoms with Crippen LogP contribution in [0.2, 0.25) is 0 Å². The lowest BCUT2D eigenvalue weighted by Crippen LogP contribution is -2.03. The lowest BCUT2D eigenvalue weighted by atomic mass is 10.1. The Hall–Kier alpha value is -3.55. The number of nitrogens with zero attached hydrogens (tertiary/aromatic N) is 3. The molecule has 0 aliphatic heterocycles. The van der Waals surface area contributed by atoms with Crippen LogP contribution >= 0.6 is 0 Å². The molecule has 0 atom stereocenters. The quantitative estimate of drug-likeness (QED) is 0.635. The first-order valence-corrected chi connectivity index (χ1v) is 8.65. The summed E-state index contributed by atoms with van der Waals surface area (Å²) in [5, 5.41) is 14.4. The molecule has 0 unspecified atom stereocenters. The molecule has 0 saturated carbocycles. The maximum Gasteiger partial charge on any atom is 0.249 e. The van der Waals surface area contributed by atoms with E-state index in [1.807, 2.05) is 18.2 Å². The molecule has 0 aliphatic carbocycles. The molecule has 0 amide bonds. The van der Waals surface area contributed by atoms with Gasteiger partial charge in [-0.2, -0.15) is 10.1 Å². The van der Waals surface area contributed by atoms with E-state index in [0.717, 1.165) is 5.69 Å². The fourth-order valence-electron chi connectivity index (χ4n) is 2.67. The Morgan fingerprint density at radius 1 is 0.786 bits per heavy atom. The Kier molecular flexibility index (Phi) is 5.78. The van der Waals surface area contributed by atoms with E-state index in [1.165, 1.54) is 17.3 Å². The average Bonchev–Trinajstić information content (AvgIpc) is 2.70. The van der Waals surface area contributed by atoms with Crippen LogP contribution in [-0.4, -0.2) is 36.5 Å². The third-order valence-corrected chi connectivity index (χ3v) is 4.26. The molecule has 8 nitrogen and oxygen atoms in total. The van der Waals surface area contributed by atoms with Gasteiger partial charge in [-0.1, -0.05) is 6.07 Å². The minimum absolute atomic E-state index is 0.390. The van der Waals surface area contributed by atoms with E-state index >= 15 is 0 Å². The smallest absolute Gasteiger partial charge is 0.249 e. The van der Waals surface area contributed by atoms with Crippen molar-refractivity contribution in [1.82, 2.24) is 15.2 Å². The normalized spacial score (nSPS) is 10.3. The molecule has 0 bridgehead atoms. The number of nitrogens with one attached hydrogen (secondary N) is 2. The molecule has 0 fully saturated rings. The van der Waals surface area contributed by atoms with Crippen LogP contribution in [-0.2, 0) is 0 Å². The zero-order chi connectivity index (χ0) is 20.1. The van der Waals surface area contributed by atoms with E-state index in [9.17, 15) is 0 Å². The summed E-state index contributed by atoms with van der Waals surface area (Å²) in [5.41, 5.74) is 4.02. The molecule has 2 N–H and O–H groups in total. The molecule has 8 heteroatoms. The number of aromatic nitrogens is 3. The number of hydrogen-bond donors (Lipinski definition) is 2.